The first-order valence-electron chi connectivity index (χ1n) is 2.65. The summed E-state index contributed by atoms with van der Waals surface area (Å²) in [5.41, 5.74) is 2.62. The quantitative estimate of drug-likeness (QED) is 0.361. The van der Waals surface area contributed by atoms with Crippen LogP contribution in [0, 0.1) is 24.2 Å². The van der Waals surface area contributed by atoms with Gasteiger partial charge in [-0.15, -0.1) is 12.2 Å². The van der Waals surface area contributed by atoms with Crippen LogP contribution in [0.5, 0.6) is 0 Å². The molecule has 0 saturated heterocycles. The Bertz CT molecular complexity index is 198. The molecule has 0 bridgehead atoms. The van der Waals surface area contributed by atoms with E-state index in [2.05, 4.69) is 30.1 Å². The van der Waals surface area contributed by atoms with Gasteiger partial charge in [-0.25, -0.2) is 0 Å². The van der Waals surface area contributed by atoms with E-state index >= 15 is 0 Å². The Labute approximate surface area is 56.3 Å². The van der Waals surface area contributed by atoms with E-state index in [0.717, 1.165) is 0 Å². The van der Waals surface area contributed by atoms with Crippen molar-refractivity contribution in [2.45, 2.75) is 12.8 Å². The summed E-state index contributed by atoms with van der Waals surface area (Å²) in [7, 11) is 0. The van der Waals surface area contributed by atoms with Crippen molar-refractivity contribution in [2.24, 2.45) is 0 Å². The van der Waals surface area contributed by atoms with Gasteiger partial charge in [-0.2, -0.15) is 0 Å². The molecule has 0 unspecified atom stereocenters. The van der Waals surface area contributed by atoms with E-state index in [-0.39, 0.29) is 0 Å². The molecule has 0 amide bonds. The Kier molecular flexibility index (Phi) is 5.64. The summed E-state index contributed by atoms with van der Waals surface area (Å²) in [6.07, 6.45) is 7.95. The van der Waals surface area contributed by atoms with Gasteiger partial charge in [-0.3, -0.25) is 0 Å². The fourth-order valence-electron chi connectivity index (χ4n) is 0.309. The lowest BCUT2D eigenvalue weighted by Crippen LogP contribution is -1.58. The van der Waals surface area contributed by atoms with Gasteiger partial charge in [0.2, 0.25) is 0 Å². The standard InChI is InChI=1S/C9H8/c1-3-5-7-9-8-6-4-2/h1,6H,2,5,8H2. The van der Waals surface area contributed by atoms with Crippen molar-refractivity contribution in [3.8, 4) is 24.2 Å². The zero-order chi connectivity index (χ0) is 6.95. The van der Waals surface area contributed by atoms with Crippen LogP contribution in [-0.4, -0.2) is 0 Å². The van der Waals surface area contributed by atoms with Gasteiger partial charge >= 0.3 is 0 Å². The first-order chi connectivity index (χ1) is 4.41. The maximum atomic E-state index is 4.95. The second kappa shape index (κ2) is 6.64. The smallest absolute Gasteiger partial charge is 0.0700 e. The van der Waals surface area contributed by atoms with E-state index in [4.69, 9.17) is 6.42 Å². The molecule has 0 aliphatic heterocycles. The molecule has 0 N–H and O–H groups in total. The summed E-state index contributed by atoms with van der Waals surface area (Å²) in [5, 5.41) is 0. The second-order valence-electron chi connectivity index (χ2n) is 1.35. The molecule has 0 atom stereocenters. The third kappa shape index (κ3) is 6.64. The maximum Gasteiger partial charge on any atom is 0.0700 e. The molecule has 0 nitrogen and oxygen atoms in total. The maximum absolute atomic E-state index is 4.95. The minimum atomic E-state index is 0.533. The Hall–Kier alpha value is -1.36. The van der Waals surface area contributed by atoms with Crippen LogP contribution < -0.4 is 0 Å². The fraction of sp³-hybridized carbons (Fsp3) is 0.222. The van der Waals surface area contributed by atoms with Gasteiger partial charge in [-0.05, 0) is 6.08 Å². The van der Waals surface area contributed by atoms with Crippen LogP contribution in [0.15, 0.2) is 18.4 Å². The molecule has 0 aromatic heterocycles. The Morgan fingerprint density at radius 3 is 2.78 bits per heavy atom. The molecular weight excluding hydrogens is 108 g/mol. The third-order valence-corrected chi connectivity index (χ3v) is 0.664. The number of hydrogen-bond donors (Lipinski definition) is 0. The highest BCUT2D eigenvalue weighted by Crippen LogP contribution is 1.76. The van der Waals surface area contributed by atoms with Crippen LogP contribution in [0.2, 0.25) is 0 Å². The predicted octanol–water partition coefficient (Wildman–Crippen LogP) is 1.74. The highest BCUT2D eigenvalue weighted by molar-refractivity contribution is 5.09. The van der Waals surface area contributed by atoms with Crippen LogP contribution in [0.25, 0.3) is 0 Å². The van der Waals surface area contributed by atoms with Crippen molar-refractivity contribution >= 4 is 0 Å². The lowest BCUT2D eigenvalue weighted by Gasteiger charge is -1.69. The molecule has 0 spiro atoms. The van der Waals surface area contributed by atoms with Gasteiger partial charge in [-0.1, -0.05) is 24.3 Å². The van der Waals surface area contributed by atoms with Crippen molar-refractivity contribution in [1.82, 2.24) is 0 Å². The Morgan fingerprint density at radius 2 is 2.22 bits per heavy atom. The zero-order valence-corrected chi connectivity index (χ0v) is 5.28. The topological polar surface area (TPSA) is 0 Å². The lowest BCUT2D eigenvalue weighted by atomic mass is 10.4. The van der Waals surface area contributed by atoms with Gasteiger partial charge in [0.25, 0.3) is 0 Å². The van der Waals surface area contributed by atoms with Crippen molar-refractivity contribution in [3.05, 3.63) is 18.4 Å². The lowest BCUT2D eigenvalue weighted by molar-refractivity contribution is 1.45. The van der Waals surface area contributed by atoms with Crippen LogP contribution in [0.3, 0.4) is 0 Å². The number of allylic oxidation sites excluding steroid dienone is 1. The third-order valence-electron chi connectivity index (χ3n) is 0.664. The van der Waals surface area contributed by atoms with Crippen molar-refractivity contribution in [1.29, 1.82) is 0 Å². The molecule has 0 heteroatoms. The van der Waals surface area contributed by atoms with E-state index in [1.165, 1.54) is 0 Å². The normalized spacial score (nSPS) is 5.67. The van der Waals surface area contributed by atoms with Crippen molar-refractivity contribution in [3.63, 3.8) is 0 Å². The van der Waals surface area contributed by atoms with Crippen LogP contribution >= 0.6 is 0 Å². The Balaban J connectivity index is 3.40. The summed E-state index contributed by atoms with van der Waals surface area (Å²) in [4.78, 5) is 0. The molecule has 0 aliphatic carbocycles. The first-order valence-corrected chi connectivity index (χ1v) is 2.65. The zero-order valence-electron chi connectivity index (χ0n) is 5.28. The summed E-state index contributed by atoms with van der Waals surface area (Å²) in [6.45, 7) is 3.39. The average Bonchev–Trinajstić information content (AvgIpc) is 1.89. The minimum Gasteiger partial charge on any atom is -0.132 e. The predicted molar refractivity (Wildman–Crippen MR) is 39.6 cm³/mol. The highest BCUT2D eigenvalue weighted by Gasteiger charge is 1.64. The molecule has 0 rings (SSSR count). The SMILES string of the molecule is C#CCC#CCC=C=C. The molecule has 0 fully saturated rings. The van der Waals surface area contributed by atoms with Gasteiger partial charge in [0.05, 0.1) is 6.42 Å². The molecule has 0 aromatic rings. The fourth-order valence-corrected chi connectivity index (χ4v) is 0.309. The van der Waals surface area contributed by atoms with Crippen LogP contribution in [-0.2, 0) is 0 Å². The minimum absolute atomic E-state index is 0.533. The molecule has 0 radical (unpaired) electrons. The van der Waals surface area contributed by atoms with Gasteiger partial charge in [0, 0.05) is 6.42 Å². The summed E-state index contributed by atoms with van der Waals surface area (Å²) >= 11 is 0. The van der Waals surface area contributed by atoms with Crippen molar-refractivity contribution in [2.75, 3.05) is 0 Å². The molecule has 44 valence electrons. The molecule has 0 aliphatic rings. The first kappa shape index (κ1) is 7.64. The number of rotatable bonds is 1. The highest BCUT2D eigenvalue weighted by atomic mass is 13.7. The Morgan fingerprint density at radius 1 is 1.44 bits per heavy atom. The molecule has 0 saturated carbocycles. The van der Waals surface area contributed by atoms with Crippen LogP contribution in [0.1, 0.15) is 12.8 Å². The number of hydrogen-bond acceptors (Lipinski definition) is 0. The summed E-state index contributed by atoms with van der Waals surface area (Å²) < 4.78 is 0. The van der Waals surface area contributed by atoms with Crippen molar-refractivity contribution < 1.29 is 0 Å². The molecule has 0 aromatic carbocycles. The van der Waals surface area contributed by atoms with E-state index in [1.54, 1.807) is 6.08 Å². The van der Waals surface area contributed by atoms with Gasteiger partial charge < -0.3 is 0 Å². The van der Waals surface area contributed by atoms with E-state index in [0.29, 0.717) is 12.8 Å². The molecule has 0 heterocycles. The van der Waals surface area contributed by atoms with E-state index < -0.39 is 0 Å². The van der Waals surface area contributed by atoms with Gasteiger partial charge in [0.15, 0.2) is 0 Å². The largest absolute Gasteiger partial charge is 0.132 e. The summed E-state index contributed by atoms with van der Waals surface area (Å²) in [5.74, 6) is 8.04. The van der Waals surface area contributed by atoms with E-state index in [1.807, 2.05) is 0 Å². The molecule has 9 heavy (non-hydrogen) atoms. The second-order valence-corrected chi connectivity index (χ2v) is 1.35. The number of terminal acetylenes is 1. The average molecular weight is 116 g/mol. The molecular formula is C9H8. The monoisotopic (exact) mass is 116 g/mol. The van der Waals surface area contributed by atoms with E-state index in [9.17, 15) is 0 Å². The van der Waals surface area contributed by atoms with Crippen LogP contribution in [0.4, 0.5) is 0 Å². The van der Waals surface area contributed by atoms with Gasteiger partial charge in [0.1, 0.15) is 0 Å². The summed E-state index contributed by atoms with van der Waals surface area (Å²) in [6, 6.07) is 0.